The van der Waals surface area contributed by atoms with E-state index in [0.717, 1.165) is 0 Å². The van der Waals surface area contributed by atoms with Crippen LogP contribution in [0.5, 0.6) is 5.75 Å². The molecule has 7 heteroatoms. The van der Waals surface area contributed by atoms with Gasteiger partial charge in [-0.2, -0.15) is 0 Å². The first-order valence-corrected chi connectivity index (χ1v) is 6.25. The largest absolute Gasteiger partial charge is 0.800 e. The van der Waals surface area contributed by atoms with E-state index in [4.69, 9.17) is 39.5 Å². The summed E-state index contributed by atoms with van der Waals surface area (Å²) in [5, 5.41) is 15.8. The van der Waals surface area contributed by atoms with Crippen molar-refractivity contribution < 1.29 is 9.84 Å². The van der Waals surface area contributed by atoms with E-state index in [1.54, 1.807) is 30.5 Å². The maximum absolute atomic E-state index is 12.5. The Kier molecular flexibility index (Phi) is 4.12. The van der Waals surface area contributed by atoms with Crippen molar-refractivity contribution in [1.29, 1.82) is 0 Å². The average molecular weight is 308 g/mol. The van der Waals surface area contributed by atoms with Crippen molar-refractivity contribution in [1.82, 2.24) is 10.2 Å². The number of alkyl halides is 2. The van der Waals surface area contributed by atoms with Crippen LogP contribution < -0.4 is 15.2 Å². The minimum atomic E-state index is -2.16. The predicted molar refractivity (Wildman–Crippen MR) is 68.7 cm³/mol. The Morgan fingerprint density at radius 3 is 2.44 bits per heavy atom. The highest BCUT2D eigenvalue weighted by atomic mass is 35.5. The van der Waals surface area contributed by atoms with Crippen LogP contribution in [-0.2, 0) is 0 Å². The zero-order valence-corrected chi connectivity index (χ0v) is 11.3. The number of rotatable bonds is 4. The van der Waals surface area contributed by atoms with E-state index in [9.17, 15) is 5.11 Å². The lowest BCUT2D eigenvalue weighted by atomic mass is 10.3. The number of nitrogens with zero attached hydrogens (tertiary/aromatic N) is 1. The molecule has 0 bridgehead atoms. The number of halogens is 3. The number of nitrogens with one attached hydrogen (secondary N) is 1. The zero-order valence-electron chi connectivity index (χ0n) is 9.02. The molecule has 1 aliphatic rings. The van der Waals surface area contributed by atoms with Crippen LogP contribution in [0.2, 0.25) is 5.02 Å². The third-order valence-corrected chi connectivity index (χ3v) is 3.06. The molecule has 1 aromatic carbocycles. The summed E-state index contributed by atoms with van der Waals surface area (Å²) in [6.45, 7) is 1.42. The monoisotopic (exact) mass is 306 g/mol. The quantitative estimate of drug-likeness (QED) is 0.683. The highest BCUT2D eigenvalue weighted by Gasteiger charge is 2.34. The van der Waals surface area contributed by atoms with E-state index >= 15 is 0 Å². The van der Waals surface area contributed by atoms with Gasteiger partial charge in [-0.1, -0.05) is 11.6 Å². The molecule has 1 radical (unpaired) electrons. The Labute approximate surface area is 120 Å². The molecule has 97 valence electrons. The van der Waals surface area contributed by atoms with Gasteiger partial charge < -0.3 is 20.1 Å². The molecular weight excluding hydrogens is 298 g/mol. The molecule has 2 rings (SSSR count). The number of hydrogen-bond donors (Lipinski definition) is 1. The number of ether oxygens (including phenoxy) is 1. The van der Waals surface area contributed by atoms with Gasteiger partial charge >= 0.3 is 0 Å². The van der Waals surface area contributed by atoms with Gasteiger partial charge in [0, 0.05) is 17.4 Å². The smallest absolute Gasteiger partial charge is 0.151 e. The molecule has 0 saturated heterocycles. The predicted octanol–water partition coefficient (Wildman–Crippen LogP) is 2.03. The van der Waals surface area contributed by atoms with Crippen LogP contribution in [0.1, 0.15) is 0 Å². The molecule has 0 saturated carbocycles. The third kappa shape index (κ3) is 2.78. The Hall–Kier alpha value is -0.810. The van der Waals surface area contributed by atoms with E-state index in [-0.39, 0.29) is 0 Å². The Morgan fingerprint density at radius 1 is 1.28 bits per heavy atom. The van der Waals surface area contributed by atoms with Crippen LogP contribution in [0.3, 0.4) is 0 Å². The Morgan fingerprint density at radius 2 is 1.94 bits per heavy atom. The lowest BCUT2D eigenvalue weighted by molar-refractivity contribution is -0.566. The van der Waals surface area contributed by atoms with Crippen LogP contribution in [0.15, 0.2) is 36.7 Å². The number of benzene rings is 1. The second-order valence-electron chi connectivity index (χ2n) is 3.51. The minimum absolute atomic E-state index is 0.328. The van der Waals surface area contributed by atoms with Crippen molar-refractivity contribution >= 4 is 34.8 Å². The first-order chi connectivity index (χ1) is 8.52. The van der Waals surface area contributed by atoms with Gasteiger partial charge in [-0.25, -0.2) is 0 Å². The van der Waals surface area contributed by atoms with Crippen molar-refractivity contribution in [2.45, 2.75) is 10.7 Å². The van der Waals surface area contributed by atoms with Crippen molar-refractivity contribution in [3.63, 3.8) is 0 Å². The molecule has 18 heavy (non-hydrogen) atoms. The third-order valence-electron chi connectivity index (χ3n) is 2.26. The SMILES string of the molecule is [O-]C(Oc1ccc(Cl)cc1)(C(Cl)Cl)N1[CH]NC=C1. The molecule has 1 unspecified atom stereocenters. The van der Waals surface area contributed by atoms with Gasteiger partial charge in [-0.05, 0) is 24.3 Å². The van der Waals surface area contributed by atoms with Crippen molar-refractivity contribution in [3.05, 3.63) is 48.4 Å². The van der Waals surface area contributed by atoms with E-state index in [1.165, 1.54) is 17.8 Å². The molecule has 0 amide bonds. The summed E-state index contributed by atoms with van der Waals surface area (Å²) in [5.41, 5.74) is 0. The molecule has 1 aliphatic heterocycles. The molecule has 0 aliphatic carbocycles. The lowest BCUT2D eigenvalue weighted by Gasteiger charge is -2.47. The van der Waals surface area contributed by atoms with Crippen LogP contribution in [0.25, 0.3) is 0 Å². The minimum Gasteiger partial charge on any atom is -0.800 e. The van der Waals surface area contributed by atoms with Crippen molar-refractivity contribution in [2.75, 3.05) is 0 Å². The molecule has 1 heterocycles. The Bertz CT molecular complexity index is 438. The lowest BCUT2D eigenvalue weighted by Crippen LogP contribution is -2.64. The summed E-state index contributed by atoms with van der Waals surface area (Å²) in [6.07, 6.45) is 3.05. The van der Waals surface area contributed by atoms with Gasteiger partial charge in [0.05, 0.1) is 0 Å². The van der Waals surface area contributed by atoms with E-state index in [2.05, 4.69) is 5.32 Å². The van der Waals surface area contributed by atoms with Crippen molar-refractivity contribution in [2.24, 2.45) is 0 Å². The van der Waals surface area contributed by atoms with Gasteiger partial charge in [0.1, 0.15) is 18.3 Å². The maximum Gasteiger partial charge on any atom is 0.151 e. The maximum atomic E-state index is 12.5. The van der Waals surface area contributed by atoms with Gasteiger partial charge in [0.15, 0.2) is 4.84 Å². The standard InChI is InChI=1S/C11H9Cl3N2O2/c12-8-1-3-9(4-2-8)18-11(17,10(13)14)16-6-5-15-7-16/h1-7,10,15H/q-1. The first kappa shape index (κ1) is 13.6. The summed E-state index contributed by atoms with van der Waals surface area (Å²) in [6, 6.07) is 6.35. The van der Waals surface area contributed by atoms with E-state index < -0.39 is 10.7 Å². The van der Waals surface area contributed by atoms with Gasteiger partial charge in [-0.3, -0.25) is 0 Å². The molecule has 0 aromatic heterocycles. The van der Waals surface area contributed by atoms with Crippen LogP contribution in [-0.4, -0.2) is 15.6 Å². The molecular formula is C11H9Cl3N2O2-. The fourth-order valence-electron chi connectivity index (χ4n) is 1.36. The molecule has 4 nitrogen and oxygen atoms in total. The van der Waals surface area contributed by atoms with Crippen molar-refractivity contribution in [3.8, 4) is 5.75 Å². The Balaban J connectivity index is 2.20. The normalized spacial score (nSPS) is 17.7. The van der Waals surface area contributed by atoms with Crippen LogP contribution in [0, 0.1) is 6.67 Å². The van der Waals surface area contributed by atoms with Gasteiger partial charge in [0.25, 0.3) is 0 Å². The summed E-state index contributed by atoms with van der Waals surface area (Å²) >= 11 is 17.2. The summed E-state index contributed by atoms with van der Waals surface area (Å²) in [7, 11) is 0. The number of hydrogen-bond acceptors (Lipinski definition) is 4. The highest BCUT2D eigenvalue weighted by Crippen LogP contribution is 2.28. The van der Waals surface area contributed by atoms with Gasteiger partial charge in [-0.15, -0.1) is 23.2 Å². The second kappa shape index (κ2) is 5.45. The summed E-state index contributed by atoms with van der Waals surface area (Å²) in [4.78, 5) is -0.0827. The second-order valence-corrected chi connectivity index (χ2v) is 5.04. The molecule has 1 N–H and O–H groups in total. The highest BCUT2D eigenvalue weighted by molar-refractivity contribution is 6.44. The zero-order chi connectivity index (χ0) is 13.2. The van der Waals surface area contributed by atoms with Crippen LogP contribution >= 0.6 is 34.8 Å². The van der Waals surface area contributed by atoms with E-state index in [1.807, 2.05) is 0 Å². The molecule has 1 aromatic rings. The fraction of sp³-hybridized carbons (Fsp3) is 0.182. The van der Waals surface area contributed by atoms with Crippen LogP contribution in [0.4, 0.5) is 0 Å². The topological polar surface area (TPSA) is 47.6 Å². The first-order valence-electron chi connectivity index (χ1n) is 5.00. The molecule has 0 spiro atoms. The average Bonchev–Trinajstić information content (AvgIpc) is 2.86. The van der Waals surface area contributed by atoms with Gasteiger partial charge in [0.2, 0.25) is 0 Å². The van der Waals surface area contributed by atoms with E-state index in [0.29, 0.717) is 10.8 Å². The molecule has 0 fully saturated rings. The summed E-state index contributed by atoms with van der Waals surface area (Å²) in [5.74, 6) is -1.83. The molecule has 1 atom stereocenters. The summed E-state index contributed by atoms with van der Waals surface area (Å²) < 4.78 is 5.33. The fourth-order valence-corrected chi connectivity index (χ4v) is 1.81.